The predicted molar refractivity (Wildman–Crippen MR) is 201 cm³/mol. The molecule has 0 aliphatic heterocycles. The van der Waals surface area contributed by atoms with Gasteiger partial charge in [0, 0.05) is 48.0 Å². The van der Waals surface area contributed by atoms with Gasteiger partial charge in [-0.3, -0.25) is 29.0 Å². The van der Waals surface area contributed by atoms with E-state index in [9.17, 15) is 46.2 Å². The largest absolute Gasteiger partial charge is 0.478 e. The number of rotatable bonds is 19. The van der Waals surface area contributed by atoms with Crippen molar-refractivity contribution in [2.24, 2.45) is 0 Å². The van der Waals surface area contributed by atoms with Crippen molar-refractivity contribution in [3.63, 3.8) is 0 Å². The third kappa shape index (κ3) is 11.3. The van der Waals surface area contributed by atoms with Gasteiger partial charge in [-0.2, -0.15) is 0 Å². The molecule has 286 valence electrons. The molecule has 2 heterocycles. The number of hydrogen-bond acceptors (Lipinski definition) is 10. The molecule has 0 aliphatic rings. The maximum absolute atomic E-state index is 12.9. The van der Waals surface area contributed by atoms with Crippen molar-refractivity contribution in [2.75, 3.05) is 20.1 Å². The number of unbranched alkanes of at least 4 members (excludes halogenated alkanes) is 2. The molecule has 2 aromatic carbocycles. The van der Waals surface area contributed by atoms with Crippen LogP contribution in [-0.4, -0.2) is 60.8 Å². The summed E-state index contributed by atoms with van der Waals surface area (Å²) >= 11 is 0. The lowest BCUT2D eigenvalue weighted by Crippen LogP contribution is -2.19. The minimum atomic E-state index is -4.19. The number of anilines is 4. The van der Waals surface area contributed by atoms with E-state index in [1.165, 1.54) is 48.8 Å². The van der Waals surface area contributed by atoms with Crippen LogP contribution in [0.15, 0.2) is 82.8 Å². The van der Waals surface area contributed by atoms with Gasteiger partial charge in [-0.25, -0.2) is 26.4 Å². The fourth-order valence-corrected chi connectivity index (χ4v) is 7.06. The van der Waals surface area contributed by atoms with Crippen LogP contribution in [0.3, 0.4) is 0 Å². The fraction of sp³-hybridized carbons (Fsp3) is 0.278. The van der Waals surface area contributed by atoms with E-state index < -0.39 is 54.9 Å². The molecule has 16 nitrogen and oxygen atoms in total. The number of pyridine rings is 2. The average molecular weight is 781 g/mol. The zero-order valence-electron chi connectivity index (χ0n) is 29.5. The second kappa shape index (κ2) is 18.2. The van der Waals surface area contributed by atoms with Gasteiger partial charge in [0.05, 0.1) is 22.5 Å². The minimum Gasteiger partial charge on any atom is -0.478 e. The van der Waals surface area contributed by atoms with Crippen LogP contribution >= 0.6 is 0 Å². The van der Waals surface area contributed by atoms with Crippen LogP contribution in [0.2, 0.25) is 0 Å². The molecule has 0 atom stereocenters. The molecule has 0 saturated carbocycles. The Kier molecular flexibility index (Phi) is 13.8. The second-order valence-corrected chi connectivity index (χ2v) is 15.5. The second-order valence-electron chi connectivity index (χ2n) is 12.1. The molecular formula is C36H40N6O10S2. The third-order valence-electron chi connectivity index (χ3n) is 7.92. The molecule has 0 aliphatic carbocycles. The molecule has 0 saturated heterocycles. The molecule has 54 heavy (non-hydrogen) atoms. The molecular weight excluding hydrogens is 741 g/mol. The zero-order valence-corrected chi connectivity index (χ0v) is 31.1. The number of carbonyl (C=O) groups is 4. The highest BCUT2D eigenvalue weighted by Gasteiger charge is 2.22. The normalized spacial score (nSPS) is 11.4. The van der Waals surface area contributed by atoms with Crippen LogP contribution in [-0.2, 0) is 42.5 Å². The van der Waals surface area contributed by atoms with Gasteiger partial charge < -0.3 is 20.8 Å². The molecule has 2 aromatic heterocycles. The standard InChI is InChI=1S/C36H40N6O10S2/c1-3-5-7-23-9-13-27(21-37-23)53(49,50)41-31-15-11-25(19-29(31)35(45)46)39-33(43)17-18-34(44)40-26-12-16-32(30(20-26)36(47)48)42-54(51,52)28-14-10-24(38-22-28)8-6-4-2/h9-16,19-22,41-42H,3-8,17-18H2,1-2H3,(H,39,43)(H,40,44)(H,45,46)(H,47,48). The van der Waals surface area contributed by atoms with Crippen molar-refractivity contribution in [3.05, 3.63) is 95.6 Å². The number of nitrogens with zero attached hydrogens (tertiary/aromatic N) is 2. The number of hydrogen-bond donors (Lipinski definition) is 6. The summed E-state index contributed by atoms with van der Waals surface area (Å²) in [5, 5.41) is 24.4. The molecule has 0 fully saturated rings. The maximum Gasteiger partial charge on any atom is 0.337 e. The van der Waals surface area contributed by atoms with E-state index in [1.54, 1.807) is 12.1 Å². The zero-order chi connectivity index (χ0) is 39.5. The van der Waals surface area contributed by atoms with E-state index in [2.05, 4.69) is 30.0 Å². The summed E-state index contributed by atoms with van der Waals surface area (Å²) in [7, 11) is -8.39. The summed E-state index contributed by atoms with van der Waals surface area (Å²) in [5.41, 5.74) is 0.108. The summed E-state index contributed by atoms with van der Waals surface area (Å²) < 4.78 is 56.3. The van der Waals surface area contributed by atoms with E-state index in [0.29, 0.717) is 12.8 Å². The first kappa shape index (κ1) is 40.9. The lowest BCUT2D eigenvalue weighted by Gasteiger charge is -2.13. The van der Waals surface area contributed by atoms with Gasteiger partial charge in [0.15, 0.2) is 0 Å². The van der Waals surface area contributed by atoms with Gasteiger partial charge in [-0.1, -0.05) is 26.7 Å². The Labute approximate surface area is 312 Å². The molecule has 18 heteroatoms. The summed E-state index contributed by atoms with van der Waals surface area (Å²) in [6.07, 6.45) is 6.72. The summed E-state index contributed by atoms with van der Waals surface area (Å²) in [5.74, 6) is -4.28. The quantitative estimate of drug-likeness (QED) is 0.0689. The number of benzene rings is 2. The van der Waals surface area contributed by atoms with Gasteiger partial charge >= 0.3 is 11.9 Å². The number of sulfonamides is 2. The van der Waals surface area contributed by atoms with Crippen molar-refractivity contribution in [3.8, 4) is 0 Å². The Bertz CT molecular complexity index is 2070. The van der Waals surface area contributed by atoms with Crippen molar-refractivity contribution < 1.29 is 46.2 Å². The van der Waals surface area contributed by atoms with Crippen LogP contribution in [0.1, 0.15) is 84.5 Å². The number of nitrogens with one attached hydrogen (secondary N) is 4. The molecule has 4 rings (SSSR count). The van der Waals surface area contributed by atoms with E-state index in [0.717, 1.165) is 49.2 Å². The molecule has 0 unspecified atom stereocenters. The van der Waals surface area contributed by atoms with Crippen molar-refractivity contribution in [2.45, 2.75) is 75.0 Å². The van der Waals surface area contributed by atoms with Crippen LogP contribution in [0, 0.1) is 0 Å². The van der Waals surface area contributed by atoms with Crippen molar-refractivity contribution in [1.82, 2.24) is 9.97 Å². The number of amides is 2. The van der Waals surface area contributed by atoms with Gasteiger partial charge in [0.2, 0.25) is 11.8 Å². The van der Waals surface area contributed by atoms with Crippen molar-refractivity contribution >= 4 is 66.5 Å². The van der Waals surface area contributed by atoms with E-state index in [-0.39, 0.29) is 45.4 Å². The van der Waals surface area contributed by atoms with Crippen LogP contribution < -0.4 is 20.1 Å². The lowest BCUT2D eigenvalue weighted by molar-refractivity contribution is -0.121. The smallest absolute Gasteiger partial charge is 0.337 e. The van der Waals surface area contributed by atoms with Crippen LogP contribution in [0.5, 0.6) is 0 Å². The Hall–Kier alpha value is -5.88. The average Bonchev–Trinajstić information content (AvgIpc) is 3.13. The SMILES string of the molecule is CCCCc1ccc(S(=O)(=O)Nc2ccc(NC(=O)CCC(=O)Nc3ccc(NS(=O)(=O)c4ccc(CCCC)nc4)c(C(=O)O)c3)cc2C(=O)O)cn1. The molecule has 2 amide bonds. The summed E-state index contributed by atoms with van der Waals surface area (Å²) in [4.78, 5) is 57.3. The Balaban J connectivity index is 1.35. The number of carboxylic acids is 2. The van der Waals surface area contributed by atoms with E-state index >= 15 is 0 Å². The maximum atomic E-state index is 12.9. The van der Waals surface area contributed by atoms with E-state index in [1.807, 2.05) is 13.8 Å². The number of aromatic carboxylic acids is 2. The third-order valence-corrected chi connectivity index (χ3v) is 10.6. The molecule has 0 bridgehead atoms. The monoisotopic (exact) mass is 780 g/mol. The summed E-state index contributed by atoms with van der Waals surface area (Å²) in [6.45, 7) is 4.04. The molecule has 0 radical (unpaired) electrons. The first-order valence-electron chi connectivity index (χ1n) is 16.9. The van der Waals surface area contributed by atoms with Gasteiger partial charge in [-0.15, -0.1) is 0 Å². The Morgan fingerprint density at radius 3 is 1.30 bits per heavy atom. The Morgan fingerprint density at radius 2 is 0.981 bits per heavy atom. The molecule has 6 N–H and O–H groups in total. The Morgan fingerprint density at radius 1 is 0.593 bits per heavy atom. The van der Waals surface area contributed by atoms with Gasteiger partial charge in [0.1, 0.15) is 9.79 Å². The molecule has 0 spiro atoms. The van der Waals surface area contributed by atoms with Gasteiger partial charge in [0.25, 0.3) is 20.0 Å². The predicted octanol–water partition coefficient (Wildman–Crippen LogP) is 5.52. The van der Waals surface area contributed by atoms with Crippen LogP contribution in [0.25, 0.3) is 0 Å². The first-order valence-corrected chi connectivity index (χ1v) is 19.9. The van der Waals surface area contributed by atoms with Gasteiger partial charge in [-0.05, 0) is 86.3 Å². The highest BCUT2D eigenvalue weighted by Crippen LogP contribution is 2.26. The first-order chi connectivity index (χ1) is 25.6. The minimum absolute atomic E-state index is 0.0232. The number of aryl methyl sites for hydroxylation is 2. The summed E-state index contributed by atoms with van der Waals surface area (Å²) in [6, 6.07) is 13.0. The number of aromatic nitrogens is 2. The number of carboxylic acid groups (broad SMARTS) is 2. The fourth-order valence-electron chi connectivity index (χ4n) is 5.01. The molecule has 4 aromatic rings. The highest BCUT2D eigenvalue weighted by atomic mass is 32.2. The number of carbonyl (C=O) groups excluding carboxylic acids is 2. The topological polar surface area (TPSA) is 251 Å². The lowest BCUT2D eigenvalue weighted by atomic mass is 10.1. The van der Waals surface area contributed by atoms with Crippen LogP contribution in [0.4, 0.5) is 22.7 Å². The van der Waals surface area contributed by atoms with Crippen molar-refractivity contribution in [1.29, 1.82) is 0 Å². The highest BCUT2D eigenvalue weighted by molar-refractivity contribution is 7.93. The van der Waals surface area contributed by atoms with E-state index in [4.69, 9.17) is 0 Å².